The van der Waals surface area contributed by atoms with Gasteiger partial charge in [0.05, 0.1) is 5.56 Å². The average Bonchev–Trinajstić information content (AvgIpc) is 2.36. The summed E-state index contributed by atoms with van der Waals surface area (Å²) in [7, 11) is 0. The Bertz CT molecular complexity index is 388. The first-order chi connectivity index (χ1) is 8.56. The molecular weight excluding hydrogens is 224 g/mol. The summed E-state index contributed by atoms with van der Waals surface area (Å²) in [5.74, 6) is 0.431. The summed E-state index contributed by atoms with van der Waals surface area (Å²) in [6, 6.07) is 7.83. The second kappa shape index (κ2) is 7.04. The standard InChI is InChI=1S/C15H24N2O/c1-5-10-16-14-9-7-6-8-13(14)15(18)17-12(4)11(2)3/h6-9,11-12,16H,5,10H2,1-4H3,(H,17,18). The smallest absolute Gasteiger partial charge is 0.253 e. The van der Waals surface area contributed by atoms with E-state index in [-0.39, 0.29) is 11.9 Å². The van der Waals surface area contributed by atoms with E-state index in [0.29, 0.717) is 5.92 Å². The maximum absolute atomic E-state index is 12.2. The third kappa shape index (κ3) is 4.06. The van der Waals surface area contributed by atoms with Crippen LogP contribution in [0.2, 0.25) is 0 Å². The van der Waals surface area contributed by atoms with Gasteiger partial charge in [-0.3, -0.25) is 4.79 Å². The van der Waals surface area contributed by atoms with Crippen molar-refractivity contribution in [1.82, 2.24) is 5.32 Å². The van der Waals surface area contributed by atoms with E-state index in [1.807, 2.05) is 31.2 Å². The molecule has 0 saturated heterocycles. The largest absolute Gasteiger partial charge is 0.384 e. The summed E-state index contributed by atoms with van der Waals surface area (Å²) >= 11 is 0. The molecule has 0 aromatic heterocycles. The Kier molecular flexibility index (Phi) is 5.69. The second-order valence-corrected chi connectivity index (χ2v) is 4.98. The number of rotatable bonds is 6. The van der Waals surface area contributed by atoms with Gasteiger partial charge in [0, 0.05) is 18.3 Å². The molecule has 0 heterocycles. The number of benzene rings is 1. The monoisotopic (exact) mass is 248 g/mol. The van der Waals surface area contributed by atoms with Gasteiger partial charge in [-0.2, -0.15) is 0 Å². The van der Waals surface area contributed by atoms with Crippen LogP contribution in [0.15, 0.2) is 24.3 Å². The highest BCUT2D eigenvalue weighted by Gasteiger charge is 2.14. The quantitative estimate of drug-likeness (QED) is 0.811. The van der Waals surface area contributed by atoms with Crippen LogP contribution in [0.1, 0.15) is 44.5 Å². The lowest BCUT2D eigenvalue weighted by atomic mass is 10.1. The molecule has 0 radical (unpaired) electrons. The van der Waals surface area contributed by atoms with Gasteiger partial charge in [0.2, 0.25) is 0 Å². The molecule has 0 aliphatic heterocycles. The molecule has 1 aromatic carbocycles. The summed E-state index contributed by atoms with van der Waals surface area (Å²) in [4.78, 5) is 12.2. The van der Waals surface area contributed by atoms with E-state index in [0.717, 1.165) is 24.2 Å². The molecule has 0 aliphatic carbocycles. The molecule has 1 aromatic rings. The summed E-state index contributed by atoms with van der Waals surface area (Å²) in [5.41, 5.74) is 1.63. The molecule has 1 amide bonds. The Morgan fingerprint density at radius 1 is 1.22 bits per heavy atom. The maximum atomic E-state index is 12.2. The molecule has 0 aliphatic rings. The van der Waals surface area contributed by atoms with Crippen molar-refractivity contribution < 1.29 is 4.79 Å². The lowest BCUT2D eigenvalue weighted by molar-refractivity contribution is 0.0931. The van der Waals surface area contributed by atoms with Gasteiger partial charge in [-0.1, -0.05) is 32.9 Å². The van der Waals surface area contributed by atoms with E-state index < -0.39 is 0 Å². The zero-order chi connectivity index (χ0) is 13.5. The molecular formula is C15H24N2O. The molecule has 3 heteroatoms. The van der Waals surface area contributed by atoms with E-state index in [1.54, 1.807) is 0 Å². The van der Waals surface area contributed by atoms with Crippen molar-refractivity contribution in [3.05, 3.63) is 29.8 Å². The molecule has 3 nitrogen and oxygen atoms in total. The van der Waals surface area contributed by atoms with E-state index in [4.69, 9.17) is 0 Å². The highest BCUT2D eigenvalue weighted by molar-refractivity contribution is 5.99. The molecule has 0 bridgehead atoms. The fourth-order valence-corrected chi connectivity index (χ4v) is 1.55. The van der Waals surface area contributed by atoms with Crippen LogP contribution in [0.3, 0.4) is 0 Å². The number of hydrogen-bond donors (Lipinski definition) is 2. The lowest BCUT2D eigenvalue weighted by Crippen LogP contribution is -2.36. The first kappa shape index (κ1) is 14.6. The Balaban J connectivity index is 2.78. The van der Waals surface area contributed by atoms with E-state index in [9.17, 15) is 4.79 Å². The Hall–Kier alpha value is -1.51. The number of carbonyl (C=O) groups is 1. The van der Waals surface area contributed by atoms with Crippen molar-refractivity contribution in [2.75, 3.05) is 11.9 Å². The van der Waals surface area contributed by atoms with Crippen LogP contribution in [-0.4, -0.2) is 18.5 Å². The van der Waals surface area contributed by atoms with Crippen molar-refractivity contribution in [2.24, 2.45) is 5.92 Å². The van der Waals surface area contributed by atoms with Crippen LogP contribution in [0, 0.1) is 5.92 Å². The summed E-state index contributed by atoms with van der Waals surface area (Å²) in [5, 5.41) is 6.32. The first-order valence-corrected chi connectivity index (χ1v) is 6.70. The molecule has 18 heavy (non-hydrogen) atoms. The van der Waals surface area contributed by atoms with Gasteiger partial charge in [-0.15, -0.1) is 0 Å². The number of hydrogen-bond acceptors (Lipinski definition) is 2. The summed E-state index contributed by atoms with van der Waals surface area (Å²) in [6.07, 6.45) is 1.04. The Morgan fingerprint density at radius 3 is 2.50 bits per heavy atom. The maximum Gasteiger partial charge on any atom is 0.253 e. The van der Waals surface area contributed by atoms with Gasteiger partial charge < -0.3 is 10.6 Å². The predicted octanol–water partition coefficient (Wildman–Crippen LogP) is 3.28. The van der Waals surface area contributed by atoms with Crippen LogP contribution in [0.4, 0.5) is 5.69 Å². The SMILES string of the molecule is CCCNc1ccccc1C(=O)NC(C)C(C)C. The van der Waals surface area contributed by atoms with Crippen LogP contribution in [0.5, 0.6) is 0 Å². The van der Waals surface area contributed by atoms with Gasteiger partial charge in [0.15, 0.2) is 0 Å². The summed E-state index contributed by atoms with van der Waals surface area (Å²) < 4.78 is 0. The zero-order valence-corrected chi connectivity index (χ0v) is 11.8. The Morgan fingerprint density at radius 2 is 1.89 bits per heavy atom. The van der Waals surface area contributed by atoms with Gasteiger partial charge >= 0.3 is 0 Å². The van der Waals surface area contributed by atoms with Crippen LogP contribution in [0.25, 0.3) is 0 Å². The van der Waals surface area contributed by atoms with Crippen LogP contribution < -0.4 is 10.6 Å². The van der Waals surface area contributed by atoms with Gasteiger partial charge in [0.1, 0.15) is 0 Å². The number of anilines is 1. The van der Waals surface area contributed by atoms with E-state index in [1.165, 1.54) is 0 Å². The van der Waals surface area contributed by atoms with Crippen molar-refractivity contribution in [1.29, 1.82) is 0 Å². The van der Waals surface area contributed by atoms with E-state index >= 15 is 0 Å². The molecule has 100 valence electrons. The first-order valence-electron chi connectivity index (χ1n) is 6.70. The van der Waals surface area contributed by atoms with Crippen molar-refractivity contribution in [3.63, 3.8) is 0 Å². The highest BCUT2D eigenvalue weighted by atomic mass is 16.1. The molecule has 2 N–H and O–H groups in total. The average molecular weight is 248 g/mol. The third-order valence-electron chi connectivity index (χ3n) is 3.10. The molecule has 0 spiro atoms. The van der Waals surface area contributed by atoms with Gasteiger partial charge in [0.25, 0.3) is 5.91 Å². The highest BCUT2D eigenvalue weighted by Crippen LogP contribution is 2.15. The molecule has 0 fully saturated rings. The number of amides is 1. The predicted molar refractivity (Wildman–Crippen MR) is 77.0 cm³/mol. The minimum Gasteiger partial charge on any atom is -0.384 e. The van der Waals surface area contributed by atoms with E-state index in [2.05, 4.69) is 31.4 Å². The Labute approximate surface area is 110 Å². The minimum absolute atomic E-state index is 0.00426. The van der Waals surface area contributed by atoms with Crippen LogP contribution >= 0.6 is 0 Å². The summed E-state index contributed by atoms with van der Waals surface area (Å²) in [6.45, 7) is 9.23. The zero-order valence-electron chi connectivity index (χ0n) is 11.8. The molecule has 1 rings (SSSR count). The molecule has 1 unspecified atom stereocenters. The lowest BCUT2D eigenvalue weighted by Gasteiger charge is -2.19. The fraction of sp³-hybridized carbons (Fsp3) is 0.533. The number of carbonyl (C=O) groups excluding carboxylic acids is 1. The topological polar surface area (TPSA) is 41.1 Å². The molecule has 1 atom stereocenters. The van der Waals surface area contributed by atoms with Gasteiger partial charge in [-0.25, -0.2) is 0 Å². The number of para-hydroxylation sites is 1. The van der Waals surface area contributed by atoms with Crippen LogP contribution in [-0.2, 0) is 0 Å². The van der Waals surface area contributed by atoms with Crippen molar-refractivity contribution >= 4 is 11.6 Å². The fourth-order valence-electron chi connectivity index (χ4n) is 1.55. The normalized spacial score (nSPS) is 12.3. The third-order valence-corrected chi connectivity index (χ3v) is 3.10. The molecule has 0 saturated carbocycles. The number of nitrogens with one attached hydrogen (secondary N) is 2. The second-order valence-electron chi connectivity index (χ2n) is 4.98. The van der Waals surface area contributed by atoms with Gasteiger partial charge in [-0.05, 0) is 31.4 Å². The van der Waals surface area contributed by atoms with Crippen molar-refractivity contribution in [2.45, 2.75) is 40.2 Å². The van der Waals surface area contributed by atoms with Crippen molar-refractivity contribution in [3.8, 4) is 0 Å². The minimum atomic E-state index is -0.00426.